The molecule has 8 heteroatoms. The fraction of sp³-hybridized carbons (Fsp3) is 0.471. The average Bonchev–Trinajstić information content (AvgIpc) is 3.13. The summed E-state index contributed by atoms with van der Waals surface area (Å²) in [6.45, 7) is 5.45. The number of benzene rings is 1. The van der Waals surface area contributed by atoms with Gasteiger partial charge in [0.2, 0.25) is 0 Å². The molecule has 3 rings (SSSR count). The fourth-order valence-electron chi connectivity index (χ4n) is 2.95. The molecule has 1 aromatic carbocycles. The van der Waals surface area contributed by atoms with Crippen molar-refractivity contribution in [1.29, 1.82) is 0 Å². The van der Waals surface area contributed by atoms with E-state index in [2.05, 4.69) is 19.8 Å². The molecule has 134 valence electrons. The molecule has 0 aliphatic carbocycles. The first-order valence-corrected chi connectivity index (χ1v) is 9.51. The second-order valence-corrected chi connectivity index (χ2v) is 6.96. The van der Waals surface area contributed by atoms with Crippen LogP contribution in [0.15, 0.2) is 24.3 Å². The molecule has 0 saturated carbocycles. The van der Waals surface area contributed by atoms with Gasteiger partial charge in [-0.3, -0.25) is 9.69 Å². The molecule has 1 amide bonds. The number of aromatic nitrogens is 2. The van der Waals surface area contributed by atoms with Gasteiger partial charge in [-0.15, -0.1) is 5.10 Å². The Morgan fingerprint density at radius 3 is 2.88 bits per heavy atom. The zero-order valence-corrected chi connectivity index (χ0v) is 15.6. The Morgan fingerprint density at radius 1 is 1.40 bits per heavy atom. The van der Waals surface area contributed by atoms with Gasteiger partial charge in [0.15, 0.2) is 0 Å². The normalized spacial score (nSPS) is 16.6. The van der Waals surface area contributed by atoms with Crippen molar-refractivity contribution in [3.8, 4) is 0 Å². The van der Waals surface area contributed by atoms with Crippen molar-refractivity contribution in [2.75, 3.05) is 32.8 Å². The van der Waals surface area contributed by atoms with E-state index in [0.29, 0.717) is 36.1 Å². The van der Waals surface area contributed by atoms with Gasteiger partial charge >= 0.3 is 0 Å². The molecule has 1 fully saturated rings. The number of hydrogen-bond acceptors (Lipinski definition) is 6. The molecule has 1 aliphatic rings. The molecule has 2 aromatic rings. The van der Waals surface area contributed by atoms with Crippen LogP contribution in [0.1, 0.15) is 33.9 Å². The maximum atomic E-state index is 12.5. The molecule has 1 unspecified atom stereocenters. The third-order valence-corrected chi connectivity index (χ3v) is 5.41. The first-order valence-electron chi connectivity index (χ1n) is 8.36. The summed E-state index contributed by atoms with van der Waals surface area (Å²) in [4.78, 5) is 15.4. The summed E-state index contributed by atoms with van der Waals surface area (Å²) in [6.07, 6.45) is 0.691. The summed E-state index contributed by atoms with van der Waals surface area (Å²) in [5.41, 5.74) is 1.76. The summed E-state index contributed by atoms with van der Waals surface area (Å²) < 4.78 is 9.34. The number of carbonyl (C=O) groups is 1. The number of halogens is 1. The van der Waals surface area contributed by atoms with Crippen LogP contribution in [0.4, 0.5) is 0 Å². The van der Waals surface area contributed by atoms with Gasteiger partial charge in [-0.2, -0.15) is 0 Å². The van der Waals surface area contributed by atoms with E-state index in [4.69, 9.17) is 16.3 Å². The van der Waals surface area contributed by atoms with Crippen LogP contribution >= 0.6 is 23.1 Å². The molecule has 0 spiro atoms. The highest BCUT2D eigenvalue weighted by Gasteiger charge is 2.25. The minimum atomic E-state index is -0.128. The van der Waals surface area contributed by atoms with E-state index in [1.807, 2.05) is 31.2 Å². The predicted molar refractivity (Wildman–Crippen MR) is 98.2 cm³/mol. The number of carbonyl (C=O) groups excluding carboxylic acids is 1. The number of rotatable bonds is 6. The third-order valence-electron chi connectivity index (χ3n) is 4.30. The monoisotopic (exact) mass is 380 g/mol. The Bertz CT molecular complexity index is 718. The van der Waals surface area contributed by atoms with Gasteiger partial charge in [-0.05, 0) is 29.6 Å². The van der Waals surface area contributed by atoms with Gasteiger partial charge in [0, 0.05) is 24.7 Å². The van der Waals surface area contributed by atoms with Crippen molar-refractivity contribution in [3.63, 3.8) is 0 Å². The van der Waals surface area contributed by atoms with Gasteiger partial charge in [0.05, 0.1) is 24.9 Å². The summed E-state index contributed by atoms with van der Waals surface area (Å²) in [6, 6.07) is 7.79. The molecular weight excluding hydrogens is 360 g/mol. The Balaban J connectivity index is 1.76. The minimum absolute atomic E-state index is 0.00695. The average molecular weight is 381 g/mol. The predicted octanol–water partition coefficient (Wildman–Crippen LogP) is 2.56. The molecule has 0 radical (unpaired) electrons. The topological polar surface area (TPSA) is 67.4 Å². The fourth-order valence-corrected chi connectivity index (χ4v) is 3.88. The number of morpholine rings is 1. The number of hydrogen-bond donors (Lipinski definition) is 1. The lowest BCUT2D eigenvalue weighted by Crippen LogP contribution is -2.44. The smallest absolute Gasteiger partial charge is 0.265 e. The van der Waals surface area contributed by atoms with E-state index in [-0.39, 0.29) is 11.9 Å². The van der Waals surface area contributed by atoms with Gasteiger partial charge in [0.1, 0.15) is 4.88 Å². The minimum Gasteiger partial charge on any atom is -0.379 e. The Morgan fingerprint density at radius 2 is 2.16 bits per heavy atom. The van der Waals surface area contributed by atoms with Crippen LogP contribution in [-0.2, 0) is 11.2 Å². The first-order chi connectivity index (χ1) is 12.2. The van der Waals surface area contributed by atoms with Crippen LogP contribution in [-0.4, -0.2) is 53.2 Å². The number of ether oxygens (including phenoxy) is 1. The van der Waals surface area contributed by atoms with Gasteiger partial charge < -0.3 is 10.1 Å². The Hall–Kier alpha value is -1.54. The summed E-state index contributed by atoms with van der Waals surface area (Å²) in [7, 11) is 0. The van der Waals surface area contributed by atoms with E-state index in [9.17, 15) is 4.79 Å². The zero-order valence-electron chi connectivity index (χ0n) is 14.1. The van der Waals surface area contributed by atoms with Gasteiger partial charge in [-0.1, -0.05) is 41.2 Å². The van der Waals surface area contributed by atoms with Crippen molar-refractivity contribution >= 4 is 29.0 Å². The van der Waals surface area contributed by atoms with Gasteiger partial charge in [-0.25, -0.2) is 0 Å². The van der Waals surface area contributed by atoms with Crippen molar-refractivity contribution in [1.82, 2.24) is 19.8 Å². The highest BCUT2D eigenvalue weighted by molar-refractivity contribution is 7.08. The lowest BCUT2D eigenvalue weighted by molar-refractivity contribution is 0.0162. The van der Waals surface area contributed by atoms with E-state index < -0.39 is 0 Å². The lowest BCUT2D eigenvalue weighted by atomic mass is 10.0. The van der Waals surface area contributed by atoms with Crippen LogP contribution in [0, 0.1) is 0 Å². The molecule has 1 N–H and O–H groups in total. The maximum Gasteiger partial charge on any atom is 0.265 e. The van der Waals surface area contributed by atoms with Crippen LogP contribution in [0.5, 0.6) is 0 Å². The molecule has 6 nitrogen and oxygen atoms in total. The quantitative estimate of drug-likeness (QED) is 0.834. The zero-order chi connectivity index (χ0) is 17.6. The SMILES string of the molecule is CCc1nnsc1C(=O)NCC(c1ccccc1Cl)N1CCOCC1. The van der Waals surface area contributed by atoms with Crippen molar-refractivity contribution < 1.29 is 9.53 Å². The molecular formula is C17H21ClN4O2S. The summed E-state index contributed by atoms with van der Waals surface area (Å²) in [5.74, 6) is -0.128. The largest absolute Gasteiger partial charge is 0.379 e. The summed E-state index contributed by atoms with van der Waals surface area (Å²) in [5, 5.41) is 7.75. The van der Waals surface area contributed by atoms with Crippen LogP contribution in [0.3, 0.4) is 0 Å². The van der Waals surface area contributed by atoms with Gasteiger partial charge in [0.25, 0.3) is 5.91 Å². The summed E-state index contributed by atoms with van der Waals surface area (Å²) >= 11 is 7.55. The highest BCUT2D eigenvalue weighted by atomic mass is 35.5. The van der Waals surface area contributed by atoms with E-state index >= 15 is 0 Å². The standard InChI is InChI=1S/C17H21ClN4O2S/c1-2-14-16(25-21-20-14)17(23)19-11-15(22-7-9-24-10-8-22)12-5-3-4-6-13(12)18/h3-6,15H,2,7-11H2,1H3,(H,19,23). The van der Waals surface area contributed by atoms with Crippen LogP contribution in [0.2, 0.25) is 5.02 Å². The molecule has 1 aliphatic heterocycles. The third kappa shape index (κ3) is 4.36. The number of nitrogens with one attached hydrogen (secondary N) is 1. The van der Waals surface area contributed by atoms with Crippen LogP contribution < -0.4 is 5.32 Å². The number of aryl methyl sites for hydroxylation is 1. The Labute approximate surface area is 156 Å². The second kappa shape index (κ2) is 8.71. The van der Waals surface area contributed by atoms with E-state index in [1.54, 1.807) is 0 Å². The lowest BCUT2D eigenvalue weighted by Gasteiger charge is -2.35. The molecule has 1 atom stereocenters. The van der Waals surface area contributed by atoms with Crippen molar-refractivity contribution in [2.24, 2.45) is 0 Å². The Kier molecular flexibility index (Phi) is 6.36. The van der Waals surface area contributed by atoms with E-state index in [0.717, 1.165) is 35.9 Å². The maximum absolute atomic E-state index is 12.5. The van der Waals surface area contributed by atoms with E-state index in [1.165, 1.54) is 0 Å². The molecule has 2 heterocycles. The van der Waals surface area contributed by atoms with Crippen molar-refractivity contribution in [3.05, 3.63) is 45.4 Å². The number of nitrogens with zero attached hydrogens (tertiary/aromatic N) is 3. The molecule has 1 aromatic heterocycles. The first kappa shape index (κ1) is 18.3. The molecule has 25 heavy (non-hydrogen) atoms. The molecule has 0 bridgehead atoms. The van der Waals surface area contributed by atoms with Crippen molar-refractivity contribution in [2.45, 2.75) is 19.4 Å². The second-order valence-electron chi connectivity index (χ2n) is 5.80. The highest BCUT2D eigenvalue weighted by Crippen LogP contribution is 2.28. The molecule has 1 saturated heterocycles. The van der Waals surface area contributed by atoms with Crippen LogP contribution in [0.25, 0.3) is 0 Å². The number of amides is 1.